The lowest BCUT2D eigenvalue weighted by molar-refractivity contribution is -0.122. The molecule has 98 valence electrons. The largest absolute Gasteiger partial charge is 0.352 e. The molecule has 3 unspecified atom stereocenters. The number of carbonyl (C=O) groups excluding carboxylic acids is 1. The van der Waals surface area contributed by atoms with Crippen LogP contribution >= 0.6 is 11.8 Å². The van der Waals surface area contributed by atoms with Gasteiger partial charge < -0.3 is 10.6 Å². The van der Waals surface area contributed by atoms with Gasteiger partial charge in [0.1, 0.15) is 0 Å². The molecule has 0 bridgehead atoms. The van der Waals surface area contributed by atoms with E-state index in [1.54, 1.807) is 0 Å². The van der Waals surface area contributed by atoms with Gasteiger partial charge in [0.2, 0.25) is 5.91 Å². The van der Waals surface area contributed by atoms with Gasteiger partial charge in [-0.25, -0.2) is 0 Å². The monoisotopic (exact) mass is 256 g/mol. The van der Waals surface area contributed by atoms with Gasteiger partial charge in [0, 0.05) is 17.7 Å². The van der Waals surface area contributed by atoms with Crippen LogP contribution in [0, 0.1) is 5.92 Å². The fourth-order valence-electron chi connectivity index (χ4n) is 2.96. The van der Waals surface area contributed by atoms with E-state index in [0.717, 1.165) is 19.5 Å². The molecule has 1 aliphatic carbocycles. The Hall–Kier alpha value is -0.220. The maximum absolute atomic E-state index is 12.0. The molecule has 0 radical (unpaired) electrons. The Labute approximate surface area is 108 Å². The van der Waals surface area contributed by atoms with Gasteiger partial charge in [-0.15, -0.1) is 0 Å². The molecule has 1 saturated heterocycles. The van der Waals surface area contributed by atoms with Crippen molar-refractivity contribution in [3.63, 3.8) is 0 Å². The lowest BCUT2D eigenvalue weighted by Gasteiger charge is -2.31. The van der Waals surface area contributed by atoms with E-state index in [-0.39, 0.29) is 5.91 Å². The van der Waals surface area contributed by atoms with Crippen molar-refractivity contribution in [2.75, 3.05) is 19.3 Å². The Morgan fingerprint density at radius 1 is 1.35 bits per heavy atom. The summed E-state index contributed by atoms with van der Waals surface area (Å²) in [5.74, 6) is 0.830. The average molecular weight is 256 g/mol. The van der Waals surface area contributed by atoms with Crippen molar-refractivity contribution in [3.05, 3.63) is 0 Å². The van der Waals surface area contributed by atoms with Crippen molar-refractivity contribution in [1.82, 2.24) is 10.6 Å². The van der Waals surface area contributed by atoms with Gasteiger partial charge in [-0.05, 0) is 44.5 Å². The Balaban J connectivity index is 1.75. The highest BCUT2D eigenvalue weighted by Crippen LogP contribution is 2.27. The summed E-state index contributed by atoms with van der Waals surface area (Å²) >= 11 is 1.91. The topological polar surface area (TPSA) is 41.1 Å². The predicted octanol–water partition coefficient (Wildman–Crippen LogP) is 1.78. The zero-order valence-corrected chi connectivity index (χ0v) is 11.5. The standard InChI is InChI=1S/C13H24N2OS/c1-17-12-5-3-2-4-11(12)15-13(16)8-10-6-7-14-9-10/h10-12,14H,2-9H2,1H3,(H,15,16). The molecule has 3 nitrogen and oxygen atoms in total. The molecule has 2 N–H and O–H groups in total. The summed E-state index contributed by atoms with van der Waals surface area (Å²) in [7, 11) is 0. The van der Waals surface area contributed by atoms with Gasteiger partial charge in [0.15, 0.2) is 0 Å². The molecule has 17 heavy (non-hydrogen) atoms. The molecule has 3 atom stereocenters. The highest BCUT2D eigenvalue weighted by Gasteiger charge is 2.26. The molecular weight excluding hydrogens is 232 g/mol. The number of hydrogen-bond donors (Lipinski definition) is 2. The van der Waals surface area contributed by atoms with Gasteiger partial charge >= 0.3 is 0 Å². The van der Waals surface area contributed by atoms with Crippen LogP contribution in [-0.2, 0) is 4.79 Å². The summed E-state index contributed by atoms with van der Waals surface area (Å²) < 4.78 is 0. The first-order valence-corrected chi connectivity index (χ1v) is 8.11. The fourth-order valence-corrected chi connectivity index (χ4v) is 3.90. The second-order valence-electron chi connectivity index (χ2n) is 5.30. The van der Waals surface area contributed by atoms with Crippen LogP contribution in [0.1, 0.15) is 38.5 Å². The summed E-state index contributed by atoms with van der Waals surface area (Å²) in [6.45, 7) is 2.10. The second-order valence-corrected chi connectivity index (χ2v) is 6.37. The molecular formula is C13H24N2OS. The minimum Gasteiger partial charge on any atom is -0.352 e. The van der Waals surface area contributed by atoms with Crippen LogP contribution in [0.4, 0.5) is 0 Å². The van der Waals surface area contributed by atoms with E-state index in [9.17, 15) is 4.79 Å². The van der Waals surface area contributed by atoms with Gasteiger partial charge in [-0.2, -0.15) is 11.8 Å². The highest BCUT2D eigenvalue weighted by atomic mass is 32.2. The third kappa shape index (κ3) is 3.88. The molecule has 4 heteroatoms. The van der Waals surface area contributed by atoms with E-state index < -0.39 is 0 Å². The zero-order chi connectivity index (χ0) is 12.1. The highest BCUT2D eigenvalue weighted by molar-refractivity contribution is 7.99. The van der Waals surface area contributed by atoms with Crippen molar-refractivity contribution < 1.29 is 4.79 Å². The van der Waals surface area contributed by atoms with Crippen molar-refractivity contribution >= 4 is 17.7 Å². The number of amides is 1. The van der Waals surface area contributed by atoms with Crippen LogP contribution < -0.4 is 10.6 Å². The maximum Gasteiger partial charge on any atom is 0.220 e. The first kappa shape index (κ1) is 13.2. The van der Waals surface area contributed by atoms with Crippen molar-refractivity contribution in [2.45, 2.75) is 49.8 Å². The fraction of sp³-hybridized carbons (Fsp3) is 0.923. The maximum atomic E-state index is 12.0. The third-order valence-corrected chi connectivity index (χ3v) is 5.16. The molecule has 1 aliphatic heterocycles. The van der Waals surface area contributed by atoms with E-state index in [2.05, 4.69) is 16.9 Å². The second kappa shape index (κ2) is 6.64. The lowest BCUT2D eigenvalue weighted by Crippen LogP contribution is -2.44. The van der Waals surface area contributed by atoms with Crippen LogP contribution in [0.3, 0.4) is 0 Å². The Morgan fingerprint density at radius 3 is 2.88 bits per heavy atom. The summed E-state index contributed by atoms with van der Waals surface area (Å²) in [5, 5.41) is 7.21. The minimum absolute atomic E-state index is 0.268. The molecule has 1 saturated carbocycles. The number of nitrogens with one attached hydrogen (secondary N) is 2. The average Bonchev–Trinajstić information content (AvgIpc) is 2.82. The number of carbonyl (C=O) groups is 1. The van der Waals surface area contributed by atoms with Crippen LogP contribution in [0.25, 0.3) is 0 Å². The summed E-state index contributed by atoms with van der Waals surface area (Å²) in [4.78, 5) is 12.0. The molecule has 2 rings (SSSR count). The molecule has 0 spiro atoms. The van der Waals surface area contributed by atoms with Gasteiger partial charge in [-0.1, -0.05) is 12.8 Å². The Morgan fingerprint density at radius 2 is 2.18 bits per heavy atom. The van der Waals surface area contributed by atoms with Crippen molar-refractivity contribution in [2.24, 2.45) is 5.92 Å². The molecule has 0 aromatic heterocycles. The normalized spacial score (nSPS) is 33.6. The van der Waals surface area contributed by atoms with Crippen LogP contribution in [0.5, 0.6) is 0 Å². The van der Waals surface area contributed by atoms with Gasteiger partial charge in [0.05, 0.1) is 0 Å². The van der Waals surface area contributed by atoms with Crippen LogP contribution in [0.2, 0.25) is 0 Å². The quantitative estimate of drug-likeness (QED) is 0.805. The summed E-state index contributed by atoms with van der Waals surface area (Å²) in [6.07, 6.45) is 9.05. The van der Waals surface area contributed by atoms with E-state index >= 15 is 0 Å². The van der Waals surface area contributed by atoms with Gasteiger partial charge in [-0.3, -0.25) is 4.79 Å². The van der Waals surface area contributed by atoms with E-state index in [1.807, 2.05) is 11.8 Å². The van der Waals surface area contributed by atoms with E-state index in [0.29, 0.717) is 23.6 Å². The van der Waals surface area contributed by atoms with E-state index in [1.165, 1.54) is 25.7 Å². The molecule has 2 fully saturated rings. The molecule has 2 aliphatic rings. The summed E-state index contributed by atoms with van der Waals surface area (Å²) in [5.41, 5.74) is 0. The smallest absolute Gasteiger partial charge is 0.220 e. The first-order valence-electron chi connectivity index (χ1n) is 6.82. The lowest BCUT2D eigenvalue weighted by atomic mass is 9.94. The molecule has 0 aromatic carbocycles. The molecule has 1 amide bonds. The van der Waals surface area contributed by atoms with Crippen molar-refractivity contribution in [3.8, 4) is 0 Å². The number of rotatable bonds is 4. The SMILES string of the molecule is CSC1CCCCC1NC(=O)CC1CCNC1. The predicted molar refractivity (Wildman–Crippen MR) is 73.3 cm³/mol. The molecule has 0 aromatic rings. The van der Waals surface area contributed by atoms with Crippen molar-refractivity contribution in [1.29, 1.82) is 0 Å². The van der Waals surface area contributed by atoms with E-state index in [4.69, 9.17) is 0 Å². The molecule has 1 heterocycles. The Kier molecular flexibility index (Phi) is 5.16. The Bertz CT molecular complexity index is 254. The number of thioether (sulfide) groups is 1. The van der Waals surface area contributed by atoms with Crippen LogP contribution in [-0.4, -0.2) is 36.5 Å². The summed E-state index contributed by atoms with van der Waals surface area (Å²) in [6, 6.07) is 0.417. The minimum atomic E-state index is 0.268. The van der Waals surface area contributed by atoms with Crippen LogP contribution in [0.15, 0.2) is 0 Å². The zero-order valence-electron chi connectivity index (χ0n) is 10.7. The first-order chi connectivity index (χ1) is 8.29. The van der Waals surface area contributed by atoms with Gasteiger partial charge in [0.25, 0.3) is 0 Å². The number of hydrogen-bond acceptors (Lipinski definition) is 3. The third-order valence-electron chi connectivity index (χ3n) is 3.99.